The zero-order valence-electron chi connectivity index (χ0n) is 29.1. The summed E-state index contributed by atoms with van der Waals surface area (Å²) in [5, 5.41) is 17.2. The highest BCUT2D eigenvalue weighted by Gasteiger charge is 2.30. The van der Waals surface area contributed by atoms with Crippen LogP contribution in [-0.4, -0.2) is 80.5 Å². The Hall–Kier alpha value is -2.20. The lowest BCUT2D eigenvalue weighted by Gasteiger charge is -2.30. The number of methoxy groups -OCH3 is 1. The Bertz CT molecular complexity index is 982. The second kappa shape index (κ2) is 21.6. The molecule has 1 fully saturated rings. The molecule has 1 saturated heterocycles. The van der Waals surface area contributed by atoms with Crippen molar-refractivity contribution in [2.24, 2.45) is 29.4 Å². The fourth-order valence-electron chi connectivity index (χ4n) is 5.93. The van der Waals surface area contributed by atoms with Gasteiger partial charge in [0.1, 0.15) is 5.75 Å². The van der Waals surface area contributed by atoms with Gasteiger partial charge < -0.3 is 30.9 Å². The van der Waals surface area contributed by atoms with E-state index in [0.29, 0.717) is 50.5 Å². The molecule has 0 aromatic heterocycles. The van der Waals surface area contributed by atoms with Crippen molar-refractivity contribution in [3.05, 3.63) is 29.3 Å². The molecular formula is C36H64N4O5. The quantitative estimate of drug-likeness (QED) is 0.131. The number of nitrogens with one attached hydrogen (secondary N) is 2. The predicted octanol–water partition coefficient (Wildman–Crippen LogP) is 5.14. The minimum absolute atomic E-state index is 0.0176. The first-order valence-corrected chi connectivity index (χ1v) is 17.5. The lowest BCUT2D eigenvalue weighted by atomic mass is 9.83. The number of aliphatic hydroxyl groups excluding tert-OH is 1. The monoisotopic (exact) mass is 632 g/mol. The zero-order chi connectivity index (χ0) is 33.2. The van der Waals surface area contributed by atoms with Crippen LogP contribution in [0.25, 0.3) is 0 Å². The number of carbonyl (C=O) groups excluding carboxylic acids is 2. The van der Waals surface area contributed by atoms with Gasteiger partial charge in [-0.25, -0.2) is 0 Å². The smallest absolute Gasteiger partial charge is 0.255 e. The molecule has 9 heteroatoms. The van der Waals surface area contributed by atoms with Crippen LogP contribution in [0.15, 0.2) is 18.2 Å². The summed E-state index contributed by atoms with van der Waals surface area (Å²) in [6.07, 6.45) is 7.50. The number of benzene rings is 1. The lowest BCUT2D eigenvalue weighted by molar-refractivity contribution is -0.127. The standard InChI is InChI=1S/C36H64N4O5/c1-7-8-16-38-36(43)31(27(4)5)23-33(41)32(37)22-29(26(2)3)24-39-35(42)30-15-14-28(25-40-17-10-9-11-18-40)21-34(30)45-20-13-12-19-44-6/h14-15,21,26-27,29,31-33,41H,7-13,16-20,22-25,37H2,1-6H3,(H,38,43)(H,39,42). The van der Waals surface area contributed by atoms with Gasteiger partial charge in [0.25, 0.3) is 5.91 Å². The van der Waals surface area contributed by atoms with E-state index >= 15 is 0 Å². The summed E-state index contributed by atoms with van der Waals surface area (Å²) in [7, 11) is 1.70. The molecule has 45 heavy (non-hydrogen) atoms. The van der Waals surface area contributed by atoms with E-state index in [1.54, 1.807) is 7.11 Å². The third-order valence-electron chi connectivity index (χ3n) is 9.15. The average Bonchev–Trinajstić information content (AvgIpc) is 3.01. The Morgan fingerprint density at radius 2 is 1.69 bits per heavy atom. The number of hydrogen-bond donors (Lipinski definition) is 4. The Morgan fingerprint density at radius 1 is 0.978 bits per heavy atom. The van der Waals surface area contributed by atoms with Gasteiger partial charge in [0.2, 0.25) is 5.91 Å². The molecule has 4 atom stereocenters. The molecule has 0 bridgehead atoms. The average molecular weight is 633 g/mol. The number of nitrogens with zero attached hydrogens (tertiary/aromatic N) is 1. The molecule has 5 N–H and O–H groups in total. The van der Waals surface area contributed by atoms with E-state index < -0.39 is 12.1 Å². The van der Waals surface area contributed by atoms with Crippen molar-refractivity contribution >= 4 is 11.8 Å². The van der Waals surface area contributed by atoms with E-state index in [4.69, 9.17) is 15.2 Å². The van der Waals surface area contributed by atoms with Gasteiger partial charge in [0.15, 0.2) is 0 Å². The summed E-state index contributed by atoms with van der Waals surface area (Å²) in [5.41, 5.74) is 8.21. The van der Waals surface area contributed by atoms with E-state index in [1.807, 2.05) is 32.0 Å². The van der Waals surface area contributed by atoms with Gasteiger partial charge in [-0.3, -0.25) is 14.5 Å². The SMILES string of the molecule is CCCCNC(=O)C(CC(O)C(N)CC(CNC(=O)c1ccc(CN2CCCCC2)cc1OCCCCOC)C(C)C)C(C)C. The number of piperidine rings is 1. The van der Waals surface area contributed by atoms with Crippen molar-refractivity contribution in [1.82, 2.24) is 15.5 Å². The van der Waals surface area contributed by atoms with E-state index in [9.17, 15) is 14.7 Å². The molecule has 1 aliphatic heterocycles. The Labute approximate surface area is 273 Å². The predicted molar refractivity (Wildman–Crippen MR) is 182 cm³/mol. The Balaban J connectivity index is 2.04. The van der Waals surface area contributed by atoms with Gasteiger partial charge in [-0.2, -0.15) is 0 Å². The normalized spacial score (nSPS) is 16.8. The molecular weight excluding hydrogens is 568 g/mol. The summed E-state index contributed by atoms with van der Waals surface area (Å²) in [4.78, 5) is 28.8. The third-order valence-corrected chi connectivity index (χ3v) is 9.15. The van der Waals surface area contributed by atoms with Crippen molar-refractivity contribution in [1.29, 1.82) is 0 Å². The van der Waals surface area contributed by atoms with Crippen LogP contribution < -0.4 is 21.1 Å². The molecule has 2 amide bonds. The molecule has 9 nitrogen and oxygen atoms in total. The van der Waals surface area contributed by atoms with Crippen molar-refractivity contribution in [2.45, 2.75) is 111 Å². The number of hydrogen-bond acceptors (Lipinski definition) is 7. The Kier molecular flexibility index (Phi) is 18.7. The fourth-order valence-corrected chi connectivity index (χ4v) is 5.93. The largest absolute Gasteiger partial charge is 0.493 e. The van der Waals surface area contributed by atoms with E-state index in [-0.39, 0.29) is 35.5 Å². The van der Waals surface area contributed by atoms with Crippen LogP contribution in [0.2, 0.25) is 0 Å². The first-order chi connectivity index (χ1) is 21.6. The fraction of sp³-hybridized carbons (Fsp3) is 0.778. The van der Waals surface area contributed by atoms with Gasteiger partial charge in [-0.05, 0) is 93.5 Å². The minimum Gasteiger partial charge on any atom is -0.493 e. The summed E-state index contributed by atoms with van der Waals surface area (Å²) < 4.78 is 11.3. The highest BCUT2D eigenvalue weighted by Crippen LogP contribution is 2.25. The van der Waals surface area contributed by atoms with Crippen LogP contribution in [0.3, 0.4) is 0 Å². The van der Waals surface area contributed by atoms with Gasteiger partial charge >= 0.3 is 0 Å². The zero-order valence-corrected chi connectivity index (χ0v) is 29.1. The molecule has 1 aromatic rings. The van der Waals surface area contributed by atoms with Crippen LogP contribution in [0.1, 0.15) is 108 Å². The summed E-state index contributed by atoms with van der Waals surface area (Å²) >= 11 is 0. The molecule has 0 spiro atoms. The molecule has 0 saturated carbocycles. The highest BCUT2D eigenvalue weighted by atomic mass is 16.5. The van der Waals surface area contributed by atoms with Gasteiger partial charge in [-0.1, -0.05) is 53.5 Å². The number of amides is 2. The first kappa shape index (κ1) is 39.0. The topological polar surface area (TPSA) is 126 Å². The summed E-state index contributed by atoms with van der Waals surface area (Å²) in [5.74, 6) is 0.522. The maximum atomic E-state index is 13.5. The van der Waals surface area contributed by atoms with Crippen LogP contribution in [0, 0.1) is 23.7 Å². The third kappa shape index (κ3) is 14.4. The van der Waals surface area contributed by atoms with Gasteiger partial charge in [0, 0.05) is 45.3 Å². The number of likely N-dealkylation sites (tertiary alicyclic amines) is 1. The molecule has 1 aliphatic rings. The number of aliphatic hydroxyl groups is 1. The first-order valence-electron chi connectivity index (χ1n) is 17.5. The van der Waals surface area contributed by atoms with E-state index in [1.165, 1.54) is 19.3 Å². The molecule has 2 rings (SSSR count). The van der Waals surface area contributed by atoms with Crippen LogP contribution in [-0.2, 0) is 16.1 Å². The van der Waals surface area contributed by atoms with Crippen LogP contribution in [0.4, 0.5) is 0 Å². The van der Waals surface area contributed by atoms with Crippen molar-refractivity contribution in [3.8, 4) is 5.75 Å². The van der Waals surface area contributed by atoms with E-state index in [2.05, 4.69) is 36.3 Å². The second-order valence-corrected chi connectivity index (χ2v) is 13.6. The Morgan fingerprint density at radius 3 is 2.33 bits per heavy atom. The van der Waals surface area contributed by atoms with Crippen LogP contribution in [0.5, 0.6) is 5.75 Å². The summed E-state index contributed by atoms with van der Waals surface area (Å²) in [6.45, 7) is 15.7. The maximum absolute atomic E-state index is 13.5. The number of carbonyl (C=O) groups is 2. The number of rotatable bonds is 22. The molecule has 1 aromatic carbocycles. The van der Waals surface area contributed by atoms with Crippen molar-refractivity contribution < 1.29 is 24.2 Å². The minimum atomic E-state index is -0.808. The molecule has 0 radical (unpaired) electrons. The van der Waals surface area contributed by atoms with Crippen molar-refractivity contribution in [2.75, 3.05) is 46.5 Å². The van der Waals surface area contributed by atoms with E-state index in [0.717, 1.165) is 50.9 Å². The molecule has 0 aliphatic carbocycles. The van der Waals surface area contributed by atoms with Gasteiger partial charge in [-0.15, -0.1) is 0 Å². The lowest BCUT2D eigenvalue weighted by Crippen LogP contribution is -2.44. The molecule has 1 heterocycles. The van der Waals surface area contributed by atoms with Crippen LogP contribution >= 0.6 is 0 Å². The number of ether oxygens (including phenoxy) is 2. The number of unbranched alkanes of at least 4 members (excludes halogenated alkanes) is 2. The summed E-state index contributed by atoms with van der Waals surface area (Å²) in [6, 6.07) is 5.45. The second-order valence-electron chi connectivity index (χ2n) is 13.6. The highest BCUT2D eigenvalue weighted by molar-refractivity contribution is 5.97. The molecule has 258 valence electrons. The number of nitrogens with two attached hydrogens (primary N) is 1. The molecule has 4 unspecified atom stereocenters. The van der Waals surface area contributed by atoms with Crippen molar-refractivity contribution in [3.63, 3.8) is 0 Å². The van der Waals surface area contributed by atoms with Gasteiger partial charge in [0.05, 0.1) is 18.3 Å². The maximum Gasteiger partial charge on any atom is 0.255 e.